The first-order chi connectivity index (χ1) is 10.5. The van der Waals surface area contributed by atoms with Crippen LogP contribution in [0.15, 0.2) is 24.3 Å². The molecule has 0 amide bonds. The number of nitro groups is 1. The summed E-state index contributed by atoms with van der Waals surface area (Å²) in [6.45, 7) is 8.41. The summed E-state index contributed by atoms with van der Waals surface area (Å²) in [5, 5.41) is 11.0. The minimum absolute atomic E-state index is 0. The van der Waals surface area contributed by atoms with E-state index in [1.807, 2.05) is 0 Å². The highest BCUT2D eigenvalue weighted by molar-refractivity contribution is 5.85. The summed E-state index contributed by atoms with van der Waals surface area (Å²) in [7, 11) is 0. The molecule has 8 heteroatoms. The highest BCUT2D eigenvalue weighted by Crippen LogP contribution is 2.18. The Bertz CT molecular complexity index is 547. The van der Waals surface area contributed by atoms with Gasteiger partial charge in [-0.25, -0.2) is 0 Å². The average Bonchev–Trinajstić information content (AvgIpc) is 2.48. The fourth-order valence-electron chi connectivity index (χ4n) is 2.79. The summed E-state index contributed by atoms with van der Waals surface area (Å²) in [4.78, 5) is 27.3. The number of carbonyl (C=O) groups excluding carboxylic acids is 1. The van der Waals surface area contributed by atoms with E-state index >= 15 is 0 Å². The molecular formula is C16H25Cl2N3O3. The lowest BCUT2D eigenvalue weighted by Gasteiger charge is -2.36. The van der Waals surface area contributed by atoms with Gasteiger partial charge in [-0.3, -0.25) is 24.7 Å². The number of ketones is 1. The SMILES string of the molecule is CC(C)N1CCN(CC(=O)Cc2ccccc2[N+](=O)[O-])CC1.Cl.Cl. The number of hydrogen-bond acceptors (Lipinski definition) is 5. The van der Waals surface area contributed by atoms with Gasteiger partial charge in [0, 0.05) is 50.3 Å². The van der Waals surface area contributed by atoms with Gasteiger partial charge in [-0.2, -0.15) is 0 Å². The van der Waals surface area contributed by atoms with Crippen molar-refractivity contribution in [1.82, 2.24) is 9.80 Å². The van der Waals surface area contributed by atoms with Gasteiger partial charge >= 0.3 is 0 Å². The minimum Gasteiger partial charge on any atom is -0.298 e. The summed E-state index contributed by atoms with van der Waals surface area (Å²) in [6.07, 6.45) is 0.127. The van der Waals surface area contributed by atoms with Crippen molar-refractivity contribution >= 4 is 36.3 Å². The van der Waals surface area contributed by atoms with Gasteiger partial charge in [0.05, 0.1) is 11.5 Å². The van der Waals surface area contributed by atoms with Gasteiger partial charge in [0.15, 0.2) is 5.78 Å². The van der Waals surface area contributed by atoms with Crippen molar-refractivity contribution in [3.8, 4) is 0 Å². The fourth-order valence-corrected chi connectivity index (χ4v) is 2.79. The molecule has 24 heavy (non-hydrogen) atoms. The van der Waals surface area contributed by atoms with Gasteiger partial charge in [-0.1, -0.05) is 18.2 Å². The molecule has 0 N–H and O–H groups in total. The second-order valence-electron chi connectivity index (χ2n) is 6.01. The zero-order valence-electron chi connectivity index (χ0n) is 14.0. The summed E-state index contributed by atoms with van der Waals surface area (Å²) >= 11 is 0. The van der Waals surface area contributed by atoms with Crippen LogP contribution >= 0.6 is 24.8 Å². The molecule has 1 aliphatic rings. The predicted octanol–water partition coefficient (Wildman–Crippen LogP) is 2.58. The van der Waals surface area contributed by atoms with E-state index in [1.165, 1.54) is 6.07 Å². The van der Waals surface area contributed by atoms with Crippen LogP contribution in [0.1, 0.15) is 19.4 Å². The van der Waals surface area contributed by atoms with Crippen LogP contribution in [-0.2, 0) is 11.2 Å². The smallest absolute Gasteiger partial charge is 0.273 e. The van der Waals surface area contributed by atoms with Crippen LogP contribution < -0.4 is 0 Å². The lowest BCUT2D eigenvalue weighted by Crippen LogP contribution is -2.50. The van der Waals surface area contributed by atoms with E-state index in [-0.39, 0.29) is 42.7 Å². The second-order valence-corrected chi connectivity index (χ2v) is 6.01. The molecule has 1 saturated heterocycles. The third-order valence-electron chi connectivity index (χ3n) is 4.11. The molecule has 1 heterocycles. The number of benzene rings is 1. The third-order valence-corrected chi connectivity index (χ3v) is 4.11. The van der Waals surface area contributed by atoms with Crippen molar-refractivity contribution in [2.75, 3.05) is 32.7 Å². The Labute approximate surface area is 155 Å². The number of rotatable bonds is 6. The van der Waals surface area contributed by atoms with Crippen LogP contribution in [0.3, 0.4) is 0 Å². The first-order valence-corrected chi connectivity index (χ1v) is 7.67. The quantitative estimate of drug-likeness (QED) is 0.562. The van der Waals surface area contributed by atoms with Crippen molar-refractivity contribution in [3.63, 3.8) is 0 Å². The first-order valence-electron chi connectivity index (χ1n) is 7.67. The van der Waals surface area contributed by atoms with Crippen LogP contribution in [0.5, 0.6) is 0 Å². The van der Waals surface area contributed by atoms with E-state index < -0.39 is 4.92 Å². The van der Waals surface area contributed by atoms with E-state index in [4.69, 9.17) is 0 Å². The number of nitrogens with zero attached hydrogens (tertiary/aromatic N) is 3. The van der Waals surface area contributed by atoms with Gasteiger partial charge in [0.1, 0.15) is 0 Å². The van der Waals surface area contributed by atoms with Gasteiger partial charge in [-0.05, 0) is 13.8 Å². The van der Waals surface area contributed by atoms with Gasteiger partial charge in [-0.15, -0.1) is 24.8 Å². The molecule has 0 saturated carbocycles. The summed E-state index contributed by atoms with van der Waals surface area (Å²) in [5.74, 6) is 0.0345. The number of hydrogen-bond donors (Lipinski definition) is 0. The third kappa shape index (κ3) is 6.36. The molecule has 6 nitrogen and oxygen atoms in total. The number of carbonyl (C=O) groups is 1. The first kappa shape index (κ1) is 22.8. The number of halogens is 2. The van der Waals surface area contributed by atoms with Crippen LogP contribution in [0.25, 0.3) is 0 Å². The number of piperazine rings is 1. The molecule has 0 aliphatic carbocycles. The van der Waals surface area contributed by atoms with Crippen molar-refractivity contribution < 1.29 is 9.72 Å². The van der Waals surface area contributed by atoms with Crippen LogP contribution in [-0.4, -0.2) is 59.3 Å². The van der Waals surface area contributed by atoms with Gasteiger partial charge < -0.3 is 0 Å². The average molecular weight is 378 g/mol. The fraction of sp³-hybridized carbons (Fsp3) is 0.562. The predicted molar refractivity (Wildman–Crippen MR) is 99.5 cm³/mol. The number of nitro benzene ring substituents is 1. The summed E-state index contributed by atoms with van der Waals surface area (Å²) in [6, 6.07) is 7.00. The molecule has 1 aliphatic heterocycles. The molecule has 1 aromatic carbocycles. The Kier molecular flexibility index (Phi) is 10.1. The molecule has 0 spiro atoms. The maximum atomic E-state index is 12.2. The zero-order chi connectivity index (χ0) is 16.1. The van der Waals surface area contributed by atoms with E-state index in [0.717, 1.165) is 26.2 Å². The van der Waals surface area contributed by atoms with Crippen LogP contribution in [0.2, 0.25) is 0 Å². The Morgan fingerprint density at radius 1 is 1.17 bits per heavy atom. The topological polar surface area (TPSA) is 66.7 Å². The maximum absolute atomic E-state index is 12.2. The van der Waals surface area contributed by atoms with E-state index in [0.29, 0.717) is 18.2 Å². The monoisotopic (exact) mass is 377 g/mol. The van der Waals surface area contributed by atoms with Crippen molar-refractivity contribution in [3.05, 3.63) is 39.9 Å². The van der Waals surface area contributed by atoms with Crippen LogP contribution in [0.4, 0.5) is 5.69 Å². The number of para-hydroxylation sites is 1. The van der Waals surface area contributed by atoms with Crippen LogP contribution in [0, 0.1) is 10.1 Å². The number of Topliss-reactive ketones (excluding diaryl/α,β-unsaturated/α-hetero) is 1. The van der Waals surface area contributed by atoms with E-state index in [1.54, 1.807) is 18.2 Å². The highest BCUT2D eigenvalue weighted by Gasteiger charge is 2.22. The minimum atomic E-state index is -0.427. The van der Waals surface area contributed by atoms with Gasteiger partial charge in [0.25, 0.3) is 5.69 Å². The largest absolute Gasteiger partial charge is 0.298 e. The Morgan fingerprint density at radius 2 is 1.75 bits per heavy atom. The molecule has 0 atom stereocenters. The summed E-state index contributed by atoms with van der Waals surface area (Å²) in [5.41, 5.74) is 0.527. The lowest BCUT2D eigenvalue weighted by molar-refractivity contribution is -0.385. The van der Waals surface area contributed by atoms with E-state index in [9.17, 15) is 14.9 Å². The molecule has 0 unspecified atom stereocenters. The molecule has 0 aromatic heterocycles. The standard InChI is InChI=1S/C16H23N3O3.2ClH/c1-13(2)18-9-7-17(8-10-18)12-15(20)11-14-5-3-4-6-16(14)19(21)22;;/h3-6,13H,7-12H2,1-2H3;2*1H. The second kappa shape index (κ2) is 10.6. The van der Waals surface area contributed by atoms with E-state index in [2.05, 4.69) is 23.6 Å². The highest BCUT2D eigenvalue weighted by atomic mass is 35.5. The molecule has 2 rings (SSSR count). The molecule has 1 fully saturated rings. The molecular weight excluding hydrogens is 353 g/mol. The van der Waals surface area contributed by atoms with Crippen molar-refractivity contribution in [2.24, 2.45) is 0 Å². The molecule has 136 valence electrons. The summed E-state index contributed by atoms with van der Waals surface area (Å²) < 4.78 is 0. The maximum Gasteiger partial charge on any atom is 0.273 e. The molecule has 0 radical (unpaired) electrons. The normalized spacial score (nSPS) is 15.5. The molecule has 0 bridgehead atoms. The van der Waals surface area contributed by atoms with Crippen molar-refractivity contribution in [2.45, 2.75) is 26.3 Å². The van der Waals surface area contributed by atoms with Gasteiger partial charge in [0.2, 0.25) is 0 Å². The Balaban J connectivity index is 0.00000264. The Morgan fingerprint density at radius 3 is 2.29 bits per heavy atom. The lowest BCUT2D eigenvalue weighted by atomic mass is 10.1. The Hall–Kier alpha value is -1.21. The van der Waals surface area contributed by atoms with Crippen molar-refractivity contribution in [1.29, 1.82) is 0 Å². The molecule has 1 aromatic rings. The zero-order valence-corrected chi connectivity index (χ0v) is 15.6.